The summed E-state index contributed by atoms with van der Waals surface area (Å²) >= 11 is 0. The summed E-state index contributed by atoms with van der Waals surface area (Å²) in [6.07, 6.45) is 5.14. The van der Waals surface area contributed by atoms with Crippen LogP contribution in [0.3, 0.4) is 0 Å². The number of guanidine groups is 1. The van der Waals surface area contributed by atoms with Crippen LogP contribution in [0.5, 0.6) is 0 Å². The number of aliphatic imine (C=N–C) groups is 1. The van der Waals surface area contributed by atoms with Gasteiger partial charge in [-0.15, -0.1) is 0 Å². The van der Waals surface area contributed by atoms with Crippen molar-refractivity contribution in [3.05, 3.63) is 33.7 Å². The van der Waals surface area contributed by atoms with Gasteiger partial charge in [0, 0.05) is 38.3 Å². The van der Waals surface area contributed by atoms with Crippen molar-refractivity contribution in [3.63, 3.8) is 0 Å². The summed E-state index contributed by atoms with van der Waals surface area (Å²) < 4.78 is 5.34. The van der Waals surface area contributed by atoms with E-state index in [1.165, 1.54) is 11.1 Å². The van der Waals surface area contributed by atoms with Gasteiger partial charge in [-0.05, 0) is 43.2 Å². The van der Waals surface area contributed by atoms with Gasteiger partial charge in [-0.1, -0.05) is 0 Å². The Hall–Kier alpha value is -1.55. The average molecular weight is 361 g/mol. The van der Waals surface area contributed by atoms with Crippen LogP contribution in [-0.4, -0.2) is 50.3 Å². The Kier molecular flexibility index (Phi) is 5.49. The summed E-state index contributed by atoms with van der Waals surface area (Å²) in [5.74, 6) is 0.195. The standard InChI is InChI=1S/C18H27N5O3/c24-22-16-12-14-4-1-2-5-15(14)13-17(16)23(25)20-18(22)19-6-3-7-21-8-10-26-11-9-21/h12-13,22-23H,1-11H2,(H,19,20). The van der Waals surface area contributed by atoms with E-state index in [9.17, 15) is 10.4 Å². The number of nitrogens with one attached hydrogen (secondary N) is 3. The highest BCUT2D eigenvalue weighted by Gasteiger charge is 2.30. The minimum absolute atomic E-state index is 0.153. The van der Waals surface area contributed by atoms with E-state index in [0.717, 1.165) is 65.0 Å². The Morgan fingerprint density at radius 3 is 2.50 bits per heavy atom. The number of nitrogens with zero attached hydrogens (tertiary/aromatic N) is 2. The molecule has 2 atom stereocenters. The molecule has 1 saturated heterocycles. The molecule has 8 nitrogen and oxygen atoms in total. The zero-order valence-electron chi connectivity index (χ0n) is 15.1. The molecule has 1 aromatic carbocycles. The van der Waals surface area contributed by atoms with Crippen LogP contribution in [0, 0.1) is 10.4 Å². The maximum Gasteiger partial charge on any atom is 0.347 e. The van der Waals surface area contributed by atoms with Crippen molar-refractivity contribution in [2.24, 2.45) is 4.99 Å². The summed E-state index contributed by atoms with van der Waals surface area (Å²) in [4.78, 5) is 6.73. The summed E-state index contributed by atoms with van der Waals surface area (Å²) in [5.41, 5.74) is 6.14. The molecule has 8 heteroatoms. The number of benzene rings is 1. The van der Waals surface area contributed by atoms with Crippen molar-refractivity contribution in [3.8, 4) is 0 Å². The molecule has 0 radical (unpaired) electrons. The van der Waals surface area contributed by atoms with Gasteiger partial charge in [0.05, 0.1) is 13.2 Å². The fraction of sp³-hybridized carbons (Fsp3) is 0.611. The van der Waals surface area contributed by atoms with E-state index in [0.29, 0.717) is 17.9 Å². The molecule has 2 aliphatic heterocycles. The Labute approximate surface area is 153 Å². The highest BCUT2D eigenvalue weighted by Crippen LogP contribution is 2.27. The van der Waals surface area contributed by atoms with Gasteiger partial charge >= 0.3 is 5.96 Å². The van der Waals surface area contributed by atoms with E-state index in [-0.39, 0.29) is 16.2 Å². The maximum absolute atomic E-state index is 12.8. The van der Waals surface area contributed by atoms with Gasteiger partial charge < -0.3 is 15.2 Å². The predicted molar refractivity (Wildman–Crippen MR) is 98.4 cm³/mol. The van der Waals surface area contributed by atoms with Gasteiger partial charge in [0.1, 0.15) is 0 Å². The lowest BCUT2D eigenvalue weighted by Crippen LogP contribution is -3.24. The van der Waals surface area contributed by atoms with Crippen molar-refractivity contribution >= 4 is 17.3 Å². The van der Waals surface area contributed by atoms with E-state index in [2.05, 4.69) is 15.3 Å². The minimum atomic E-state index is -0.208. The van der Waals surface area contributed by atoms with Crippen molar-refractivity contribution < 1.29 is 15.0 Å². The smallest absolute Gasteiger partial charge is 0.347 e. The molecule has 2 heterocycles. The number of hydrogen-bond acceptors (Lipinski definition) is 5. The summed E-state index contributed by atoms with van der Waals surface area (Å²) in [5, 5.41) is 24.9. The molecule has 0 bridgehead atoms. The average Bonchev–Trinajstić information content (AvgIpc) is 2.68. The van der Waals surface area contributed by atoms with E-state index >= 15 is 0 Å². The third kappa shape index (κ3) is 3.75. The predicted octanol–water partition coefficient (Wildman–Crippen LogP) is -0.810. The van der Waals surface area contributed by atoms with Gasteiger partial charge in [0.25, 0.3) is 0 Å². The van der Waals surface area contributed by atoms with Gasteiger partial charge in [-0.2, -0.15) is 5.43 Å². The molecular formula is C18H27N5O3. The number of hydrogen-bond donors (Lipinski definition) is 3. The van der Waals surface area contributed by atoms with Crippen LogP contribution < -0.4 is 15.7 Å². The minimum Gasteiger partial charge on any atom is -0.621 e. The van der Waals surface area contributed by atoms with Crippen LogP contribution in [0.25, 0.3) is 0 Å². The molecule has 4 rings (SSSR count). The number of rotatable bonds is 4. The zero-order chi connectivity index (χ0) is 17.9. The zero-order valence-corrected chi connectivity index (χ0v) is 15.1. The monoisotopic (exact) mass is 361 g/mol. The highest BCUT2D eigenvalue weighted by atomic mass is 16.6. The molecule has 0 spiro atoms. The second kappa shape index (κ2) is 7.99. The van der Waals surface area contributed by atoms with Gasteiger partial charge in [-0.3, -0.25) is 9.96 Å². The first kappa shape index (κ1) is 17.8. The first-order valence-corrected chi connectivity index (χ1v) is 9.59. The normalized spacial score (nSPS) is 27.7. The van der Waals surface area contributed by atoms with Crippen molar-refractivity contribution in [2.75, 3.05) is 39.4 Å². The van der Waals surface area contributed by atoms with Crippen molar-refractivity contribution in [2.45, 2.75) is 32.1 Å². The first-order valence-electron chi connectivity index (χ1n) is 9.59. The largest absolute Gasteiger partial charge is 0.621 e. The molecular weight excluding hydrogens is 334 g/mol. The topological polar surface area (TPSA) is 91.9 Å². The van der Waals surface area contributed by atoms with Crippen LogP contribution in [0.15, 0.2) is 17.1 Å². The number of morpholine rings is 1. The third-order valence-corrected chi connectivity index (χ3v) is 5.42. The second-order valence-electron chi connectivity index (χ2n) is 7.19. The summed E-state index contributed by atoms with van der Waals surface area (Å²) in [6.45, 7) is 4.94. The molecule has 0 saturated carbocycles. The van der Waals surface area contributed by atoms with E-state index < -0.39 is 0 Å². The Bertz CT molecular complexity index is 675. The molecule has 26 heavy (non-hydrogen) atoms. The van der Waals surface area contributed by atoms with Crippen molar-refractivity contribution in [1.29, 1.82) is 0 Å². The Morgan fingerprint density at radius 1 is 1.08 bits per heavy atom. The van der Waals surface area contributed by atoms with E-state index in [1.807, 2.05) is 12.1 Å². The Morgan fingerprint density at radius 2 is 1.77 bits per heavy atom. The van der Waals surface area contributed by atoms with Gasteiger partial charge in [0.15, 0.2) is 0 Å². The van der Waals surface area contributed by atoms with Gasteiger partial charge in [-0.25, -0.2) is 10.2 Å². The molecule has 1 aromatic rings. The first-order chi connectivity index (χ1) is 12.7. The Balaban J connectivity index is 1.42. The molecule has 0 aromatic heterocycles. The fourth-order valence-electron chi connectivity index (χ4n) is 3.94. The number of aryl methyl sites for hydroxylation is 2. The highest BCUT2D eigenvalue weighted by molar-refractivity contribution is 5.76. The number of fused-ring (bicyclic) bond motifs is 2. The lowest BCUT2D eigenvalue weighted by molar-refractivity contribution is -0.851. The van der Waals surface area contributed by atoms with Crippen LogP contribution >= 0.6 is 0 Å². The van der Waals surface area contributed by atoms with Crippen LogP contribution in [0.4, 0.5) is 11.4 Å². The summed E-state index contributed by atoms with van der Waals surface area (Å²) in [7, 11) is 0. The molecule has 2 unspecified atom stereocenters. The molecule has 1 fully saturated rings. The van der Waals surface area contributed by atoms with Crippen LogP contribution in [-0.2, 0) is 17.6 Å². The lowest BCUT2D eigenvalue weighted by atomic mass is 9.90. The van der Waals surface area contributed by atoms with E-state index in [1.54, 1.807) is 0 Å². The molecule has 3 N–H and O–H groups in total. The van der Waals surface area contributed by atoms with Crippen molar-refractivity contribution in [1.82, 2.24) is 10.3 Å². The summed E-state index contributed by atoms with van der Waals surface area (Å²) in [6, 6.07) is 3.83. The quantitative estimate of drug-likeness (QED) is 0.482. The molecule has 0 amide bonds. The number of quaternary nitrogens is 2. The van der Waals surface area contributed by atoms with E-state index in [4.69, 9.17) is 4.74 Å². The van der Waals surface area contributed by atoms with Crippen LogP contribution in [0.1, 0.15) is 30.4 Å². The van der Waals surface area contributed by atoms with Gasteiger partial charge in [0.2, 0.25) is 11.4 Å². The molecule has 1 aliphatic carbocycles. The molecule has 142 valence electrons. The van der Waals surface area contributed by atoms with Crippen LogP contribution in [0.2, 0.25) is 0 Å². The SMILES string of the molecule is [O-][NH+]1NC(=NCCCN2CCOCC2)[NH+]([O-])c2cc3c(cc21)CCCC3. The number of hydroxylamine groups is 1. The third-order valence-electron chi connectivity index (χ3n) is 5.42. The maximum atomic E-state index is 12.8. The molecule has 3 aliphatic rings. The second-order valence-corrected chi connectivity index (χ2v) is 7.19. The number of ether oxygens (including phenoxy) is 1. The fourth-order valence-corrected chi connectivity index (χ4v) is 3.94. The lowest BCUT2D eigenvalue weighted by Gasteiger charge is -2.35.